The molecular formula is C21H18F5N3O2. The molecule has 1 N–H and O–H groups in total. The average molecular weight is 439 g/mol. The van der Waals surface area contributed by atoms with Crippen molar-refractivity contribution in [2.75, 3.05) is 5.32 Å². The third-order valence-corrected chi connectivity index (χ3v) is 4.51. The predicted octanol–water partition coefficient (Wildman–Crippen LogP) is 5.87. The van der Waals surface area contributed by atoms with Gasteiger partial charge in [-0.3, -0.25) is 9.48 Å². The fraction of sp³-hybridized carbons (Fsp3) is 0.238. The topological polar surface area (TPSA) is 60.1 Å². The van der Waals surface area contributed by atoms with Gasteiger partial charge in [0.1, 0.15) is 5.76 Å². The lowest BCUT2D eigenvalue weighted by molar-refractivity contribution is -0.137. The summed E-state index contributed by atoms with van der Waals surface area (Å²) in [6.45, 7) is 2.06. The molecule has 1 unspecified atom stereocenters. The number of carbonyl (C=O) groups excluding carboxylic acids is 1. The Kier molecular flexibility index (Phi) is 6.01. The molecule has 3 rings (SSSR count). The number of alkyl halides is 5. The van der Waals surface area contributed by atoms with Gasteiger partial charge in [0, 0.05) is 24.8 Å². The highest BCUT2D eigenvalue weighted by molar-refractivity contribution is 6.01. The first-order valence-corrected chi connectivity index (χ1v) is 9.11. The van der Waals surface area contributed by atoms with Crippen molar-refractivity contribution >= 4 is 17.7 Å². The molecule has 1 aromatic carbocycles. The first-order chi connectivity index (χ1) is 14.4. The third-order valence-electron chi connectivity index (χ3n) is 4.51. The molecule has 3 aromatic rings. The number of anilines is 1. The van der Waals surface area contributed by atoms with E-state index in [2.05, 4.69) is 10.4 Å². The largest absolute Gasteiger partial charge is 0.465 e. The molecule has 1 amide bonds. The van der Waals surface area contributed by atoms with Gasteiger partial charge in [-0.25, -0.2) is 8.78 Å². The van der Waals surface area contributed by atoms with E-state index in [1.54, 1.807) is 12.1 Å². The van der Waals surface area contributed by atoms with E-state index in [0.29, 0.717) is 18.8 Å². The van der Waals surface area contributed by atoms with Gasteiger partial charge in [0.05, 0.1) is 29.8 Å². The van der Waals surface area contributed by atoms with Crippen LogP contribution in [0.1, 0.15) is 42.3 Å². The van der Waals surface area contributed by atoms with Crippen molar-refractivity contribution in [2.24, 2.45) is 0 Å². The van der Waals surface area contributed by atoms with Crippen molar-refractivity contribution in [2.45, 2.75) is 32.0 Å². The van der Waals surface area contributed by atoms with Gasteiger partial charge in [-0.2, -0.15) is 18.3 Å². The standard InChI is InChI=1S/C21H18F5N3O2/c1-13(17-7-5-14(21(24,25)26)10-18(17)20(2,22)23)29-12-15(11-27-29)28-19(30)8-6-16-4-3-9-31-16/h3-13H,1-2H3,(H,28,30)/b8-6+. The molecule has 0 fully saturated rings. The zero-order valence-electron chi connectivity index (χ0n) is 16.5. The average Bonchev–Trinajstić information content (AvgIpc) is 3.36. The van der Waals surface area contributed by atoms with Crippen molar-refractivity contribution in [1.82, 2.24) is 9.78 Å². The third kappa shape index (κ3) is 5.39. The van der Waals surface area contributed by atoms with E-state index in [9.17, 15) is 26.7 Å². The second-order valence-electron chi connectivity index (χ2n) is 6.91. The molecule has 0 bridgehead atoms. The van der Waals surface area contributed by atoms with Gasteiger partial charge >= 0.3 is 6.18 Å². The first-order valence-electron chi connectivity index (χ1n) is 9.11. The van der Waals surface area contributed by atoms with Crippen molar-refractivity contribution in [3.05, 3.63) is 77.5 Å². The molecule has 0 saturated heterocycles. The number of carbonyl (C=O) groups is 1. The van der Waals surface area contributed by atoms with E-state index in [1.807, 2.05) is 0 Å². The fourth-order valence-electron chi connectivity index (χ4n) is 2.96. The van der Waals surface area contributed by atoms with Crippen molar-refractivity contribution < 1.29 is 31.2 Å². The van der Waals surface area contributed by atoms with Gasteiger partial charge in [0.15, 0.2) is 0 Å². The minimum Gasteiger partial charge on any atom is -0.465 e. The molecule has 5 nitrogen and oxygen atoms in total. The number of hydrogen-bond donors (Lipinski definition) is 1. The number of amides is 1. The number of nitrogens with zero attached hydrogens (tertiary/aromatic N) is 2. The van der Waals surface area contributed by atoms with Crippen LogP contribution in [-0.4, -0.2) is 15.7 Å². The molecule has 0 spiro atoms. The quantitative estimate of drug-likeness (QED) is 0.386. The highest BCUT2D eigenvalue weighted by Gasteiger charge is 2.36. The van der Waals surface area contributed by atoms with E-state index in [0.717, 1.165) is 12.1 Å². The maximum absolute atomic E-state index is 14.1. The van der Waals surface area contributed by atoms with Crippen LogP contribution in [0.4, 0.5) is 27.6 Å². The first kappa shape index (κ1) is 22.3. The molecule has 0 aliphatic rings. The van der Waals surface area contributed by atoms with Gasteiger partial charge in [-0.1, -0.05) is 6.07 Å². The second-order valence-corrected chi connectivity index (χ2v) is 6.91. The fourth-order valence-corrected chi connectivity index (χ4v) is 2.96. The number of benzene rings is 1. The number of halogens is 5. The smallest absolute Gasteiger partial charge is 0.416 e. The van der Waals surface area contributed by atoms with E-state index in [1.165, 1.54) is 42.4 Å². The van der Waals surface area contributed by atoms with Crippen LogP contribution in [0.3, 0.4) is 0 Å². The lowest BCUT2D eigenvalue weighted by Gasteiger charge is -2.22. The predicted molar refractivity (Wildman–Crippen MR) is 103 cm³/mol. The number of aromatic nitrogens is 2. The maximum atomic E-state index is 14.1. The molecule has 0 saturated carbocycles. The lowest BCUT2D eigenvalue weighted by Crippen LogP contribution is -2.18. The van der Waals surface area contributed by atoms with Crippen LogP contribution in [0, 0.1) is 0 Å². The molecule has 164 valence electrons. The summed E-state index contributed by atoms with van der Waals surface area (Å²) in [6, 6.07) is 4.75. The number of nitrogens with one attached hydrogen (secondary N) is 1. The number of rotatable bonds is 6. The highest BCUT2D eigenvalue weighted by atomic mass is 19.4. The Morgan fingerprint density at radius 2 is 1.97 bits per heavy atom. The minimum atomic E-state index is -4.74. The van der Waals surface area contributed by atoms with Gasteiger partial charge in [-0.15, -0.1) is 0 Å². The summed E-state index contributed by atoms with van der Waals surface area (Å²) in [5.41, 5.74) is -1.62. The van der Waals surface area contributed by atoms with Crippen LogP contribution in [0.15, 0.2) is 59.5 Å². The minimum absolute atomic E-state index is 0.0146. The van der Waals surface area contributed by atoms with E-state index in [4.69, 9.17) is 4.42 Å². The highest BCUT2D eigenvalue weighted by Crippen LogP contribution is 2.38. The molecule has 1 atom stereocenters. The summed E-state index contributed by atoms with van der Waals surface area (Å²) in [5, 5.41) is 6.60. The zero-order valence-corrected chi connectivity index (χ0v) is 16.5. The van der Waals surface area contributed by atoms with Crippen LogP contribution in [0.5, 0.6) is 0 Å². The van der Waals surface area contributed by atoms with Crippen LogP contribution in [0.2, 0.25) is 0 Å². The molecule has 10 heteroatoms. The summed E-state index contributed by atoms with van der Waals surface area (Å²) in [5.74, 6) is -3.49. The zero-order chi connectivity index (χ0) is 22.8. The Morgan fingerprint density at radius 1 is 1.23 bits per heavy atom. The molecule has 0 aliphatic heterocycles. The Hall–Kier alpha value is -3.43. The molecule has 0 radical (unpaired) electrons. The summed E-state index contributed by atoms with van der Waals surface area (Å²) in [6.07, 6.45) is 2.12. The molecular weight excluding hydrogens is 421 g/mol. The molecule has 0 aliphatic carbocycles. The summed E-state index contributed by atoms with van der Waals surface area (Å²) < 4.78 is 73.4. The van der Waals surface area contributed by atoms with Gasteiger partial charge in [0.2, 0.25) is 5.91 Å². The lowest BCUT2D eigenvalue weighted by atomic mass is 9.95. The number of hydrogen-bond acceptors (Lipinski definition) is 3. The summed E-state index contributed by atoms with van der Waals surface area (Å²) in [7, 11) is 0. The summed E-state index contributed by atoms with van der Waals surface area (Å²) >= 11 is 0. The molecule has 2 heterocycles. The van der Waals surface area contributed by atoms with Crippen LogP contribution < -0.4 is 5.32 Å². The SMILES string of the molecule is CC(c1ccc(C(F)(F)F)cc1C(C)(F)F)n1cc(NC(=O)/C=C/c2ccco2)cn1. The molecule has 31 heavy (non-hydrogen) atoms. The normalized spacial score (nSPS) is 13.5. The second kappa shape index (κ2) is 8.37. The molecule has 2 aromatic heterocycles. The Balaban J connectivity index is 1.81. The van der Waals surface area contributed by atoms with Crippen molar-refractivity contribution in [1.29, 1.82) is 0 Å². The summed E-state index contributed by atoms with van der Waals surface area (Å²) in [4.78, 5) is 12.0. The van der Waals surface area contributed by atoms with Gasteiger partial charge in [0.25, 0.3) is 5.92 Å². The van der Waals surface area contributed by atoms with Crippen molar-refractivity contribution in [3.63, 3.8) is 0 Å². The Bertz CT molecular complexity index is 1080. The monoisotopic (exact) mass is 439 g/mol. The Labute approximate surface area is 174 Å². The van der Waals surface area contributed by atoms with E-state index < -0.39 is 35.2 Å². The van der Waals surface area contributed by atoms with Crippen LogP contribution in [-0.2, 0) is 16.9 Å². The maximum Gasteiger partial charge on any atom is 0.416 e. The van der Waals surface area contributed by atoms with E-state index >= 15 is 0 Å². The van der Waals surface area contributed by atoms with Crippen LogP contribution >= 0.6 is 0 Å². The van der Waals surface area contributed by atoms with Gasteiger partial charge < -0.3 is 9.73 Å². The van der Waals surface area contributed by atoms with Crippen molar-refractivity contribution in [3.8, 4) is 0 Å². The number of furan rings is 1. The Morgan fingerprint density at radius 3 is 2.58 bits per heavy atom. The van der Waals surface area contributed by atoms with Crippen LogP contribution in [0.25, 0.3) is 6.08 Å². The van der Waals surface area contributed by atoms with E-state index in [-0.39, 0.29) is 11.3 Å². The van der Waals surface area contributed by atoms with Gasteiger partial charge in [-0.05, 0) is 42.8 Å².